The Morgan fingerprint density at radius 1 is 1.37 bits per heavy atom. The summed E-state index contributed by atoms with van der Waals surface area (Å²) in [6.45, 7) is 2.62. The number of amides is 2. The molecule has 0 spiro atoms. The van der Waals surface area contributed by atoms with Crippen molar-refractivity contribution in [3.8, 4) is 0 Å². The summed E-state index contributed by atoms with van der Waals surface area (Å²) in [7, 11) is 1.79. The number of halogens is 1. The summed E-state index contributed by atoms with van der Waals surface area (Å²) in [5.41, 5.74) is 3.11. The van der Waals surface area contributed by atoms with Gasteiger partial charge < -0.3 is 10.2 Å². The minimum absolute atomic E-state index is 0.105. The van der Waals surface area contributed by atoms with Gasteiger partial charge in [-0.2, -0.15) is 0 Å². The molecule has 2 amide bonds. The van der Waals surface area contributed by atoms with E-state index in [9.17, 15) is 4.79 Å². The third kappa shape index (κ3) is 4.08. The molecule has 0 unspecified atom stereocenters. The standard InChI is InChI=1S/C14H15BrN2OS/c1-10-3-5-12(6-4-10)16-14(18)17(2)8-11-7-13(15)19-9-11/h3-7,9H,8H2,1-2H3,(H,16,18). The summed E-state index contributed by atoms with van der Waals surface area (Å²) < 4.78 is 1.08. The van der Waals surface area contributed by atoms with Gasteiger partial charge in [-0.05, 0) is 52.0 Å². The SMILES string of the molecule is Cc1ccc(NC(=O)N(C)Cc2csc(Br)c2)cc1. The summed E-state index contributed by atoms with van der Waals surface area (Å²) >= 11 is 5.04. The summed E-state index contributed by atoms with van der Waals surface area (Å²) in [6.07, 6.45) is 0. The lowest BCUT2D eigenvalue weighted by atomic mass is 10.2. The zero-order valence-corrected chi connectivity index (χ0v) is 13.2. The molecule has 1 aromatic carbocycles. The van der Waals surface area contributed by atoms with Gasteiger partial charge in [-0.1, -0.05) is 17.7 Å². The van der Waals surface area contributed by atoms with Crippen LogP contribution < -0.4 is 5.32 Å². The van der Waals surface area contributed by atoms with Crippen LogP contribution in [0.25, 0.3) is 0 Å². The Balaban J connectivity index is 1.94. The quantitative estimate of drug-likeness (QED) is 0.878. The van der Waals surface area contributed by atoms with E-state index >= 15 is 0 Å². The number of hydrogen-bond donors (Lipinski definition) is 1. The molecular weight excluding hydrogens is 324 g/mol. The van der Waals surface area contributed by atoms with Gasteiger partial charge in [0.25, 0.3) is 0 Å². The van der Waals surface area contributed by atoms with Crippen molar-refractivity contribution in [1.82, 2.24) is 4.90 Å². The van der Waals surface area contributed by atoms with Crippen molar-refractivity contribution in [1.29, 1.82) is 0 Å². The van der Waals surface area contributed by atoms with Gasteiger partial charge in [-0.3, -0.25) is 0 Å². The van der Waals surface area contributed by atoms with Crippen molar-refractivity contribution in [3.63, 3.8) is 0 Å². The van der Waals surface area contributed by atoms with Crippen LogP contribution in [-0.4, -0.2) is 18.0 Å². The van der Waals surface area contributed by atoms with Crippen molar-refractivity contribution in [3.05, 3.63) is 50.6 Å². The second kappa shape index (κ2) is 6.21. The summed E-state index contributed by atoms with van der Waals surface area (Å²) in [5.74, 6) is 0. The lowest BCUT2D eigenvalue weighted by Gasteiger charge is -2.17. The highest BCUT2D eigenvalue weighted by atomic mass is 79.9. The Labute approximate surface area is 125 Å². The van der Waals surface area contributed by atoms with E-state index in [0.717, 1.165) is 15.0 Å². The molecule has 0 aliphatic rings. The van der Waals surface area contributed by atoms with Gasteiger partial charge >= 0.3 is 6.03 Å². The molecule has 0 radical (unpaired) electrons. The molecule has 5 heteroatoms. The predicted octanol–water partition coefficient (Wildman–Crippen LogP) is 4.48. The van der Waals surface area contributed by atoms with Crippen molar-refractivity contribution >= 4 is 39.0 Å². The Morgan fingerprint density at radius 3 is 2.63 bits per heavy atom. The lowest BCUT2D eigenvalue weighted by Crippen LogP contribution is -2.30. The van der Waals surface area contributed by atoms with Crippen LogP contribution in [0.15, 0.2) is 39.5 Å². The lowest BCUT2D eigenvalue weighted by molar-refractivity contribution is 0.221. The van der Waals surface area contributed by atoms with E-state index < -0.39 is 0 Å². The van der Waals surface area contributed by atoms with Gasteiger partial charge in [0.15, 0.2) is 0 Å². The third-order valence-corrected chi connectivity index (χ3v) is 4.24. The number of thiophene rings is 1. The van der Waals surface area contributed by atoms with Crippen molar-refractivity contribution < 1.29 is 4.79 Å². The predicted molar refractivity (Wildman–Crippen MR) is 83.7 cm³/mol. The van der Waals surface area contributed by atoms with Crippen LogP contribution in [0.5, 0.6) is 0 Å². The number of hydrogen-bond acceptors (Lipinski definition) is 2. The van der Waals surface area contributed by atoms with Gasteiger partial charge in [-0.15, -0.1) is 11.3 Å². The van der Waals surface area contributed by atoms with Crippen LogP contribution in [-0.2, 0) is 6.54 Å². The van der Waals surface area contributed by atoms with E-state index in [1.807, 2.05) is 42.6 Å². The Morgan fingerprint density at radius 2 is 2.05 bits per heavy atom. The number of benzene rings is 1. The van der Waals surface area contributed by atoms with Crippen LogP contribution in [0, 0.1) is 6.92 Å². The second-order valence-corrected chi connectivity index (χ2v) is 6.70. The van der Waals surface area contributed by atoms with E-state index in [4.69, 9.17) is 0 Å². The van der Waals surface area contributed by atoms with Gasteiger partial charge in [0.05, 0.1) is 3.79 Å². The zero-order chi connectivity index (χ0) is 13.8. The zero-order valence-electron chi connectivity index (χ0n) is 10.8. The maximum Gasteiger partial charge on any atom is 0.321 e. The van der Waals surface area contributed by atoms with Crippen LogP contribution in [0.4, 0.5) is 10.5 Å². The van der Waals surface area contributed by atoms with Crippen LogP contribution >= 0.6 is 27.3 Å². The van der Waals surface area contributed by atoms with E-state index in [-0.39, 0.29) is 6.03 Å². The van der Waals surface area contributed by atoms with Crippen molar-refractivity contribution in [2.24, 2.45) is 0 Å². The van der Waals surface area contributed by atoms with E-state index in [1.54, 1.807) is 23.3 Å². The normalized spacial score (nSPS) is 10.3. The highest BCUT2D eigenvalue weighted by molar-refractivity contribution is 9.11. The molecule has 19 heavy (non-hydrogen) atoms. The van der Waals surface area contributed by atoms with Crippen molar-refractivity contribution in [2.45, 2.75) is 13.5 Å². The fourth-order valence-corrected chi connectivity index (χ4v) is 2.83. The van der Waals surface area contributed by atoms with Crippen LogP contribution in [0.1, 0.15) is 11.1 Å². The molecule has 0 bridgehead atoms. The maximum atomic E-state index is 12.0. The molecule has 0 fully saturated rings. The highest BCUT2D eigenvalue weighted by Crippen LogP contribution is 2.21. The Bertz CT molecular complexity index is 565. The molecule has 1 N–H and O–H groups in total. The minimum Gasteiger partial charge on any atom is -0.323 e. The van der Waals surface area contributed by atoms with E-state index in [1.165, 1.54) is 5.56 Å². The van der Waals surface area contributed by atoms with E-state index in [2.05, 4.69) is 21.2 Å². The number of anilines is 1. The molecule has 0 saturated heterocycles. The van der Waals surface area contributed by atoms with Crippen molar-refractivity contribution in [2.75, 3.05) is 12.4 Å². The molecular formula is C14H15BrN2OS. The summed E-state index contributed by atoms with van der Waals surface area (Å²) in [5, 5.41) is 4.92. The fourth-order valence-electron chi connectivity index (χ4n) is 1.63. The number of rotatable bonds is 3. The molecule has 1 heterocycles. The monoisotopic (exact) mass is 338 g/mol. The summed E-state index contributed by atoms with van der Waals surface area (Å²) in [6, 6.07) is 9.69. The van der Waals surface area contributed by atoms with Crippen LogP contribution in [0.3, 0.4) is 0 Å². The minimum atomic E-state index is -0.105. The second-order valence-electron chi connectivity index (χ2n) is 4.41. The highest BCUT2D eigenvalue weighted by Gasteiger charge is 2.10. The maximum absolute atomic E-state index is 12.0. The first-order chi connectivity index (χ1) is 9.04. The Kier molecular flexibility index (Phi) is 4.61. The number of nitrogens with one attached hydrogen (secondary N) is 1. The third-order valence-electron chi connectivity index (χ3n) is 2.69. The van der Waals surface area contributed by atoms with Crippen LogP contribution in [0.2, 0.25) is 0 Å². The average molecular weight is 339 g/mol. The molecule has 100 valence electrons. The number of carbonyl (C=O) groups excluding carboxylic acids is 1. The van der Waals surface area contributed by atoms with Gasteiger partial charge in [0.2, 0.25) is 0 Å². The Hall–Kier alpha value is -1.33. The van der Waals surface area contributed by atoms with Gasteiger partial charge in [0, 0.05) is 19.3 Å². The average Bonchev–Trinajstić information content (AvgIpc) is 2.77. The molecule has 2 rings (SSSR count). The first-order valence-electron chi connectivity index (χ1n) is 5.86. The molecule has 0 aliphatic heterocycles. The first kappa shape index (κ1) is 14.1. The topological polar surface area (TPSA) is 32.3 Å². The molecule has 0 atom stereocenters. The number of nitrogens with zero attached hydrogens (tertiary/aromatic N) is 1. The smallest absolute Gasteiger partial charge is 0.321 e. The molecule has 1 aromatic heterocycles. The molecule has 0 aliphatic carbocycles. The van der Waals surface area contributed by atoms with Gasteiger partial charge in [0.1, 0.15) is 0 Å². The summed E-state index contributed by atoms with van der Waals surface area (Å²) in [4.78, 5) is 13.7. The molecule has 3 nitrogen and oxygen atoms in total. The first-order valence-corrected chi connectivity index (χ1v) is 7.53. The van der Waals surface area contributed by atoms with E-state index in [0.29, 0.717) is 6.54 Å². The van der Waals surface area contributed by atoms with Gasteiger partial charge in [-0.25, -0.2) is 4.79 Å². The largest absolute Gasteiger partial charge is 0.323 e. The molecule has 0 saturated carbocycles. The fraction of sp³-hybridized carbons (Fsp3) is 0.214. The molecule has 2 aromatic rings. The number of aryl methyl sites for hydroxylation is 1. The number of carbonyl (C=O) groups is 1. The number of urea groups is 1.